The zero-order valence-corrected chi connectivity index (χ0v) is 8.93. The first-order chi connectivity index (χ1) is 7.59. The zero-order valence-electron chi connectivity index (χ0n) is 8.93. The van der Waals surface area contributed by atoms with Crippen LogP contribution in [0.4, 0.5) is 4.79 Å². The van der Waals surface area contributed by atoms with E-state index in [0.717, 1.165) is 5.56 Å². The summed E-state index contributed by atoms with van der Waals surface area (Å²) in [5.74, 6) is -0.451. The summed E-state index contributed by atoms with van der Waals surface area (Å²) in [6.45, 7) is 1.94. The first-order valence-corrected chi connectivity index (χ1v) is 4.82. The summed E-state index contributed by atoms with van der Waals surface area (Å²) >= 11 is 0. The molecule has 0 aromatic carbocycles. The highest BCUT2D eigenvalue weighted by atomic mass is 16.2. The molecule has 0 fully saturated rings. The molecular formula is C10H14N4O2. The molecule has 1 heterocycles. The fourth-order valence-corrected chi connectivity index (χ4v) is 1.20. The number of imide groups is 1. The smallest absolute Gasteiger partial charge is 0.318 e. The molecule has 6 heteroatoms. The molecule has 0 aliphatic heterocycles. The Morgan fingerprint density at radius 3 is 2.62 bits per heavy atom. The van der Waals surface area contributed by atoms with Crippen LogP contribution in [0.3, 0.4) is 0 Å². The largest absolute Gasteiger partial charge is 0.351 e. The van der Waals surface area contributed by atoms with Crippen LogP contribution in [0.2, 0.25) is 0 Å². The van der Waals surface area contributed by atoms with Crippen molar-refractivity contribution in [2.75, 3.05) is 6.54 Å². The van der Waals surface area contributed by atoms with E-state index in [1.807, 2.05) is 24.4 Å². The van der Waals surface area contributed by atoms with Gasteiger partial charge in [-0.3, -0.25) is 15.1 Å². The average Bonchev–Trinajstić information content (AvgIpc) is 2.26. The highest BCUT2D eigenvalue weighted by Crippen LogP contribution is 2.09. The van der Waals surface area contributed by atoms with Gasteiger partial charge in [-0.25, -0.2) is 4.79 Å². The maximum Gasteiger partial charge on any atom is 0.318 e. The number of carbonyl (C=O) groups excluding carboxylic acids is 2. The van der Waals surface area contributed by atoms with Crippen LogP contribution in [0.25, 0.3) is 0 Å². The Morgan fingerprint density at radius 2 is 2.06 bits per heavy atom. The second kappa shape index (κ2) is 5.82. The van der Waals surface area contributed by atoms with Crippen molar-refractivity contribution in [2.45, 2.75) is 13.0 Å². The Balaban J connectivity index is 2.39. The Labute approximate surface area is 93.2 Å². The topological polar surface area (TPSA) is 97.1 Å². The van der Waals surface area contributed by atoms with E-state index in [1.165, 1.54) is 0 Å². The van der Waals surface area contributed by atoms with Gasteiger partial charge in [-0.15, -0.1) is 0 Å². The molecule has 1 rings (SSSR count). The van der Waals surface area contributed by atoms with E-state index in [-0.39, 0.29) is 12.6 Å². The summed E-state index contributed by atoms with van der Waals surface area (Å²) < 4.78 is 0. The molecule has 6 nitrogen and oxygen atoms in total. The molecule has 0 aliphatic carbocycles. The van der Waals surface area contributed by atoms with Gasteiger partial charge in [0, 0.05) is 18.4 Å². The van der Waals surface area contributed by atoms with Gasteiger partial charge < -0.3 is 11.1 Å². The zero-order chi connectivity index (χ0) is 12.0. The van der Waals surface area contributed by atoms with E-state index in [1.54, 1.807) is 12.4 Å². The number of nitrogens with two attached hydrogens (primary N) is 1. The van der Waals surface area contributed by atoms with Gasteiger partial charge in [-0.05, 0) is 24.6 Å². The molecule has 86 valence electrons. The maximum atomic E-state index is 11.1. The third kappa shape index (κ3) is 4.05. The van der Waals surface area contributed by atoms with Gasteiger partial charge in [0.15, 0.2) is 0 Å². The number of primary amides is 1. The van der Waals surface area contributed by atoms with Gasteiger partial charge in [0.25, 0.3) is 0 Å². The van der Waals surface area contributed by atoms with E-state index in [4.69, 9.17) is 5.73 Å². The van der Waals surface area contributed by atoms with Crippen molar-refractivity contribution in [1.29, 1.82) is 0 Å². The fraction of sp³-hybridized carbons (Fsp3) is 0.300. The molecule has 1 aromatic rings. The van der Waals surface area contributed by atoms with Crippen molar-refractivity contribution in [1.82, 2.24) is 15.6 Å². The Hall–Kier alpha value is -1.95. The molecule has 1 atom stereocenters. The molecule has 0 saturated carbocycles. The molecule has 0 spiro atoms. The minimum atomic E-state index is -0.844. The first-order valence-electron chi connectivity index (χ1n) is 4.82. The molecule has 16 heavy (non-hydrogen) atoms. The van der Waals surface area contributed by atoms with Crippen LogP contribution in [0, 0.1) is 0 Å². The molecule has 3 amide bonds. The molecular weight excluding hydrogens is 208 g/mol. The van der Waals surface area contributed by atoms with Crippen molar-refractivity contribution in [3.05, 3.63) is 30.1 Å². The van der Waals surface area contributed by atoms with Crippen LogP contribution in [0.5, 0.6) is 0 Å². The number of hydrogen-bond acceptors (Lipinski definition) is 4. The van der Waals surface area contributed by atoms with Crippen LogP contribution in [-0.2, 0) is 4.79 Å². The Bertz CT molecular complexity index is 366. The second-order valence-corrected chi connectivity index (χ2v) is 3.30. The summed E-state index contributed by atoms with van der Waals surface area (Å²) in [5.41, 5.74) is 5.82. The summed E-state index contributed by atoms with van der Waals surface area (Å²) in [6, 6.07) is 2.86. The Morgan fingerprint density at radius 1 is 1.44 bits per heavy atom. The minimum Gasteiger partial charge on any atom is -0.351 e. The number of rotatable bonds is 4. The number of aromatic nitrogens is 1. The lowest BCUT2D eigenvalue weighted by molar-refractivity contribution is -0.119. The van der Waals surface area contributed by atoms with E-state index in [9.17, 15) is 9.59 Å². The monoisotopic (exact) mass is 222 g/mol. The normalized spacial score (nSPS) is 11.8. The predicted molar refractivity (Wildman–Crippen MR) is 58.4 cm³/mol. The van der Waals surface area contributed by atoms with Crippen molar-refractivity contribution in [3.63, 3.8) is 0 Å². The summed E-state index contributed by atoms with van der Waals surface area (Å²) in [6.07, 6.45) is 3.36. The van der Waals surface area contributed by atoms with E-state index in [0.29, 0.717) is 0 Å². The summed E-state index contributed by atoms with van der Waals surface area (Å²) in [5, 5.41) is 4.93. The van der Waals surface area contributed by atoms with Gasteiger partial charge in [-0.1, -0.05) is 0 Å². The standard InChI is InChI=1S/C10H14N4O2/c1-7(8-2-4-12-5-3-8)13-6-9(15)14-10(11)16/h2-5,7,13H,6H2,1H3,(H3,11,14,15,16)/t7-/m0/s1. The SMILES string of the molecule is C[C@H](NCC(=O)NC(N)=O)c1ccncc1. The van der Waals surface area contributed by atoms with Gasteiger partial charge >= 0.3 is 6.03 Å². The predicted octanol–water partition coefficient (Wildman–Crippen LogP) is -0.0729. The number of urea groups is 1. The third-order valence-electron chi connectivity index (χ3n) is 2.04. The summed E-state index contributed by atoms with van der Waals surface area (Å²) in [7, 11) is 0. The molecule has 4 N–H and O–H groups in total. The molecule has 0 saturated heterocycles. The van der Waals surface area contributed by atoms with Crippen molar-refractivity contribution in [3.8, 4) is 0 Å². The van der Waals surface area contributed by atoms with Crippen LogP contribution in [-0.4, -0.2) is 23.5 Å². The van der Waals surface area contributed by atoms with Crippen molar-refractivity contribution in [2.24, 2.45) is 5.73 Å². The van der Waals surface area contributed by atoms with Gasteiger partial charge in [0.05, 0.1) is 6.54 Å². The van der Waals surface area contributed by atoms with Crippen LogP contribution >= 0.6 is 0 Å². The van der Waals surface area contributed by atoms with Crippen LogP contribution < -0.4 is 16.4 Å². The molecule has 0 unspecified atom stereocenters. The highest BCUT2D eigenvalue weighted by molar-refractivity contribution is 5.94. The number of nitrogens with zero attached hydrogens (tertiary/aromatic N) is 1. The van der Waals surface area contributed by atoms with Gasteiger partial charge in [0.1, 0.15) is 0 Å². The van der Waals surface area contributed by atoms with Crippen LogP contribution in [0.1, 0.15) is 18.5 Å². The first kappa shape index (κ1) is 12.1. The number of pyridine rings is 1. The molecule has 0 bridgehead atoms. The second-order valence-electron chi connectivity index (χ2n) is 3.30. The quantitative estimate of drug-likeness (QED) is 0.664. The third-order valence-corrected chi connectivity index (χ3v) is 2.04. The number of nitrogens with one attached hydrogen (secondary N) is 2. The molecule has 0 aliphatic rings. The van der Waals surface area contributed by atoms with Crippen molar-refractivity contribution < 1.29 is 9.59 Å². The lowest BCUT2D eigenvalue weighted by Gasteiger charge is -2.12. The van der Waals surface area contributed by atoms with Gasteiger partial charge in [0.2, 0.25) is 5.91 Å². The average molecular weight is 222 g/mol. The minimum absolute atomic E-state index is 0.00151. The summed E-state index contributed by atoms with van der Waals surface area (Å²) in [4.78, 5) is 25.4. The lowest BCUT2D eigenvalue weighted by Crippen LogP contribution is -2.41. The highest BCUT2D eigenvalue weighted by Gasteiger charge is 2.08. The number of hydrogen-bond donors (Lipinski definition) is 3. The fourth-order valence-electron chi connectivity index (χ4n) is 1.20. The van der Waals surface area contributed by atoms with E-state index < -0.39 is 11.9 Å². The van der Waals surface area contributed by atoms with E-state index >= 15 is 0 Å². The molecule has 0 radical (unpaired) electrons. The van der Waals surface area contributed by atoms with Crippen LogP contribution in [0.15, 0.2) is 24.5 Å². The van der Waals surface area contributed by atoms with Gasteiger partial charge in [-0.2, -0.15) is 0 Å². The maximum absolute atomic E-state index is 11.1. The van der Waals surface area contributed by atoms with E-state index in [2.05, 4.69) is 10.3 Å². The lowest BCUT2D eigenvalue weighted by atomic mass is 10.1. The number of amides is 3. The number of carbonyl (C=O) groups is 2. The van der Waals surface area contributed by atoms with Crippen molar-refractivity contribution >= 4 is 11.9 Å². The molecule has 1 aromatic heterocycles. The Kier molecular flexibility index (Phi) is 4.41.